The summed E-state index contributed by atoms with van der Waals surface area (Å²) < 4.78 is 0.915. The fourth-order valence-corrected chi connectivity index (χ4v) is 1.31. The molecule has 15 heavy (non-hydrogen) atoms. The molecule has 0 bridgehead atoms. The van der Waals surface area contributed by atoms with Crippen LogP contribution in [0.15, 0.2) is 22.8 Å². The maximum absolute atomic E-state index is 11.4. The topological polar surface area (TPSA) is 54.0 Å². The van der Waals surface area contributed by atoms with Gasteiger partial charge in [0.2, 0.25) is 5.91 Å². The summed E-state index contributed by atoms with van der Waals surface area (Å²) in [4.78, 5) is 15.5. The zero-order valence-corrected chi connectivity index (χ0v) is 10.3. The van der Waals surface area contributed by atoms with Gasteiger partial charge in [0.05, 0.1) is 0 Å². The van der Waals surface area contributed by atoms with Crippen LogP contribution < -0.4 is 10.6 Å². The van der Waals surface area contributed by atoms with Crippen molar-refractivity contribution in [1.29, 1.82) is 0 Å². The Kier molecular flexibility index (Phi) is 4.55. The molecule has 1 amide bonds. The second kappa shape index (κ2) is 5.70. The number of aromatic nitrogens is 1. The van der Waals surface area contributed by atoms with E-state index < -0.39 is 0 Å². The molecule has 1 atom stereocenters. The molecule has 0 radical (unpaired) electrons. The van der Waals surface area contributed by atoms with Crippen LogP contribution in [-0.4, -0.2) is 23.5 Å². The second-order valence-electron chi connectivity index (χ2n) is 3.12. The standard InChI is InChI=1S/C10H14BrN3O/c1-3-12-10(15)7(2)14-9-5-4-8(11)6-13-9/h4-7H,3H2,1-2H3,(H,12,15)(H,13,14). The highest BCUT2D eigenvalue weighted by Gasteiger charge is 2.11. The number of hydrogen-bond acceptors (Lipinski definition) is 3. The van der Waals surface area contributed by atoms with Crippen molar-refractivity contribution in [2.45, 2.75) is 19.9 Å². The zero-order chi connectivity index (χ0) is 11.3. The Bertz CT molecular complexity index is 326. The van der Waals surface area contributed by atoms with Gasteiger partial charge in [0.15, 0.2) is 0 Å². The van der Waals surface area contributed by atoms with E-state index in [2.05, 4.69) is 31.5 Å². The molecule has 0 aliphatic carbocycles. The molecule has 1 unspecified atom stereocenters. The summed E-state index contributed by atoms with van der Waals surface area (Å²) in [6, 6.07) is 3.41. The van der Waals surface area contributed by atoms with Crippen LogP contribution in [-0.2, 0) is 4.79 Å². The first-order chi connectivity index (χ1) is 7.13. The molecule has 1 aromatic rings. The molecule has 2 N–H and O–H groups in total. The molecular weight excluding hydrogens is 258 g/mol. The lowest BCUT2D eigenvalue weighted by Gasteiger charge is -2.13. The Morgan fingerprint density at radius 2 is 2.33 bits per heavy atom. The SMILES string of the molecule is CCNC(=O)C(C)Nc1ccc(Br)cn1. The summed E-state index contributed by atoms with van der Waals surface area (Å²) in [7, 11) is 0. The van der Waals surface area contributed by atoms with Gasteiger partial charge in [-0.3, -0.25) is 4.79 Å². The Hall–Kier alpha value is -1.10. The average molecular weight is 272 g/mol. The van der Waals surface area contributed by atoms with E-state index in [1.165, 1.54) is 0 Å². The van der Waals surface area contributed by atoms with E-state index in [9.17, 15) is 4.79 Å². The van der Waals surface area contributed by atoms with E-state index in [1.807, 2.05) is 19.1 Å². The first-order valence-corrected chi connectivity index (χ1v) is 5.58. The predicted octanol–water partition coefficient (Wildman–Crippen LogP) is 1.78. The average Bonchev–Trinajstić information content (AvgIpc) is 2.22. The third-order valence-corrected chi connectivity index (χ3v) is 2.31. The number of anilines is 1. The van der Waals surface area contributed by atoms with Gasteiger partial charge in [-0.2, -0.15) is 0 Å². The molecule has 0 spiro atoms. The largest absolute Gasteiger partial charge is 0.359 e. The summed E-state index contributed by atoms with van der Waals surface area (Å²) in [6.07, 6.45) is 1.69. The summed E-state index contributed by atoms with van der Waals surface area (Å²) >= 11 is 3.30. The van der Waals surface area contributed by atoms with Gasteiger partial charge >= 0.3 is 0 Å². The van der Waals surface area contributed by atoms with E-state index in [1.54, 1.807) is 13.1 Å². The number of rotatable bonds is 4. The van der Waals surface area contributed by atoms with Gasteiger partial charge in [0.25, 0.3) is 0 Å². The first-order valence-electron chi connectivity index (χ1n) is 4.79. The number of carbonyl (C=O) groups is 1. The highest BCUT2D eigenvalue weighted by molar-refractivity contribution is 9.10. The minimum absolute atomic E-state index is 0.0257. The second-order valence-corrected chi connectivity index (χ2v) is 4.04. The van der Waals surface area contributed by atoms with Crippen molar-refractivity contribution < 1.29 is 4.79 Å². The lowest BCUT2D eigenvalue weighted by Crippen LogP contribution is -2.37. The van der Waals surface area contributed by atoms with Crippen molar-refractivity contribution in [2.24, 2.45) is 0 Å². The van der Waals surface area contributed by atoms with Gasteiger partial charge in [-0.1, -0.05) is 0 Å². The predicted molar refractivity (Wildman–Crippen MR) is 63.7 cm³/mol. The van der Waals surface area contributed by atoms with Crippen molar-refractivity contribution in [3.8, 4) is 0 Å². The van der Waals surface area contributed by atoms with Crippen LogP contribution >= 0.6 is 15.9 Å². The first kappa shape index (κ1) is 12.0. The normalized spacial score (nSPS) is 11.9. The van der Waals surface area contributed by atoms with Crippen molar-refractivity contribution >= 4 is 27.7 Å². The van der Waals surface area contributed by atoms with Crippen molar-refractivity contribution in [3.05, 3.63) is 22.8 Å². The Labute approximate surface area is 97.6 Å². The zero-order valence-electron chi connectivity index (χ0n) is 8.75. The summed E-state index contributed by atoms with van der Waals surface area (Å²) in [5.74, 6) is 0.666. The highest BCUT2D eigenvalue weighted by atomic mass is 79.9. The van der Waals surface area contributed by atoms with E-state index >= 15 is 0 Å². The van der Waals surface area contributed by atoms with Crippen LogP contribution in [0.3, 0.4) is 0 Å². The number of pyridine rings is 1. The maximum Gasteiger partial charge on any atom is 0.242 e. The molecule has 0 saturated heterocycles. The van der Waals surface area contributed by atoms with Crippen molar-refractivity contribution in [1.82, 2.24) is 10.3 Å². The Morgan fingerprint density at radius 3 is 2.87 bits per heavy atom. The van der Waals surface area contributed by atoms with E-state index in [0.29, 0.717) is 12.4 Å². The van der Waals surface area contributed by atoms with Gasteiger partial charge in [-0.15, -0.1) is 0 Å². The smallest absolute Gasteiger partial charge is 0.242 e. The fraction of sp³-hybridized carbons (Fsp3) is 0.400. The number of hydrogen-bond donors (Lipinski definition) is 2. The van der Waals surface area contributed by atoms with Crippen LogP contribution in [0.5, 0.6) is 0 Å². The molecule has 4 nitrogen and oxygen atoms in total. The van der Waals surface area contributed by atoms with Crippen LogP contribution in [0, 0.1) is 0 Å². The molecule has 1 rings (SSSR count). The summed E-state index contributed by atoms with van der Waals surface area (Å²) in [6.45, 7) is 4.33. The minimum atomic E-state index is -0.279. The van der Waals surface area contributed by atoms with Gasteiger partial charge < -0.3 is 10.6 Å². The number of likely N-dealkylation sites (N-methyl/N-ethyl adjacent to an activating group) is 1. The quantitative estimate of drug-likeness (QED) is 0.878. The van der Waals surface area contributed by atoms with Crippen molar-refractivity contribution in [3.63, 3.8) is 0 Å². The maximum atomic E-state index is 11.4. The molecule has 5 heteroatoms. The number of amides is 1. The van der Waals surface area contributed by atoms with Crippen LogP contribution in [0.1, 0.15) is 13.8 Å². The third kappa shape index (κ3) is 3.87. The van der Waals surface area contributed by atoms with Crippen LogP contribution in [0.2, 0.25) is 0 Å². The van der Waals surface area contributed by atoms with E-state index in [-0.39, 0.29) is 11.9 Å². The molecule has 0 aliphatic rings. The van der Waals surface area contributed by atoms with Gasteiger partial charge in [-0.25, -0.2) is 4.98 Å². The molecule has 1 heterocycles. The van der Waals surface area contributed by atoms with Crippen LogP contribution in [0.4, 0.5) is 5.82 Å². The molecule has 0 aromatic carbocycles. The lowest BCUT2D eigenvalue weighted by atomic mass is 10.3. The number of carbonyl (C=O) groups excluding carboxylic acids is 1. The number of nitrogens with one attached hydrogen (secondary N) is 2. The molecule has 1 aromatic heterocycles. The van der Waals surface area contributed by atoms with Crippen molar-refractivity contribution in [2.75, 3.05) is 11.9 Å². The Morgan fingerprint density at radius 1 is 1.60 bits per heavy atom. The molecule has 82 valence electrons. The molecule has 0 saturated carbocycles. The van der Waals surface area contributed by atoms with E-state index in [0.717, 1.165) is 4.47 Å². The van der Waals surface area contributed by atoms with Gasteiger partial charge in [-0.05, 0) is 41.9 Å². The highest BCUT2D eigenvalue weighted by Crippen LogP contribution is 2.11. The van der Waals surface area contributed by atoms with E-state index in [4.69, 9.17) is 0 Å². The third-order valence-electron chi connectivity index (χ3n) is 1.84. The summed E-state index contributed by atoms with van der Waals surface area (Å²) in [5, 5.41) is 5.75. The monoisotopic (exact) mass is 271 g/mol. The summed E-state index contributed by atoms with van der Waals surface area (Å²) in [5.41, 5.74) is 0. The number of nitrogens with zero attached hydrogens (tertiary/aromatic N) is 1. The fourth-order valence-electron chi connectivity index (χ4n) is 1.08. The minimum Gasteiger partial charge on any atom is -0.359 e. The van der Waals surface area contributed by atoms with Gasteiger partial charge in [0, 0.05) is 17.2 Å². The van der Waals surface area contributed by atoms with Crippen LogP contribution in [0.25, 0.3) is 0 Å². The lowest BCUT2D eigenvalue weighted by molar-refractivity contribution is -0.121. The van der Waals surface area contributed by atoms with Gasteiger partial charge in [0.1, 0.15) is 11.9 Å². The number of halogens is 1. The molecule has 0 aliphatic heterocycles. The Balaban J connectivity index is 2.54. The molecular formula is C10H14BrN3O. The molecule has 0 fully saturated rings.